The maximum Gasteiger partial charge on any atom is 0.174 e. The molecule has 0 bridgehead atoms. The molecule has 1 aromatic heterocycles. The molecule has 2 aromatic rings. The normalized spacial score (nSPS) is 11.1. The number of Topliss-reactive ketones (excluding diaryl/α,β-unsaturated/α-hetero) is 1. The van der Waals surface area contributed by atoms with Crippen LogP contribution in [0.15, 0.2) is 24.5 Å². The predicted octanol–water partition coefficient (Wildman–Crippen LogP) is 3.15. The van der Waals surface area contributed by atoms with Gasteiger partial charge in [-0.2, -0.15) is 5.10 Å². The van der Waals surface area contributed by atoms with E-state index in [1.165, 1.54) is 24.5 Å². The van der Waals surface area contributed by atoms with Crippen LogP contribution in [0.3, 0.4) is 0 Å². The SMILES string of the molecule is CC(C)Cn1ncnc1CC(=O)c1c(F)cccc1Cl. The van der Waals surface area contributed by atoms with E-state index in [-0.39, 0.29) is 17.0 Å². The van der Waals surface area contributed by atoms with Crippen LogP contribution in [-0.2, 0) is 13.0 Å². The summed E-state index contributed by atoms with van der Waals surface area (Å²) < 4.78 is 15.4. The van der Waals surface area contributed by atoms with Crippen LogP contribution in [-0.4, -0.2) is 20.5 Å². The zero-order chi connectivity index (χ0) is 14.7. The summed E-state index contributed by atoms with van der Waals surface area (Å²) in [5.74, 6) is -0.117. The van der Waals surface area contributed by atoms with Gasteiger partial charge in [0.2, 0.25) is 0 Å². The summed E-state index contributed by atoms with van der Waals surface area (Å²) in [6, 6.07) is 4.18. The Bertz CT molecular complexity index is 604. The Morgan fingerprint density at radius 3 is 2.85 bits per heavy atom. The van der Waals surface area contributed by atoms with Gasteiger partial charge >= 0.3 is 0 Å². The molecule has 4 nitrogen and oxygen atoms in total. The minimum atomic E-state index is -0.613. The molecule has 0 fully saturated rings. The molecular formula is C14H15ClFN3O. The van der Waals surface area contributed by atoms with E-state index in [2.05, 4.69) is 10.1 Å². The number of aromatic nitrogens is 3. The molecule has 0 aliphatic heterocycles. The van der Waals surface area contributed by atoms with Crippen molar-refractivity contribution in [2.24, 2.45) is 5.92 Å². The highest BCUT2D eigenvalue weighted by molar-refractivity contribution is 6.34. The van der Waals surface area contributed by atoms with Crippen LogP contribution in [0.4, 0.5) is 4.39 Å². The van der Waals surface area contributed by atoms with Crippen molar-refractivity contribution in [3.05, 3.63) is 46.8 Å². The molecule has 0 saturated heterocycles. The molecule has 1 heterocycles. The van der Waals surface area contributed by atoms with Crippen molar-refractivity contribution in [2.45, 2.75) is 26.8 Å². The fourth-order valence-corrected chi connectivity index (χ4v) is 2.19. The molecule has 0 atom stereocenters. The van der Waals surface area contributed by atoms with Gasteiger partial charge in [-0.3, -0.25) is 4.79 Å². The fraction of sp³-hybridized carbons (Fsp3) is 0.357. The number of rotatable bonds is 5. The molecule has 2 rings (SSSR count). The first-order valence-electron chi connectivity index (χ1n) is 6.33. The lowest BCUT2D eigenvalue weighted by molar-refractivity contribution is 0.0985. The number of hydrogen-bond donors (Lipinski definition) is 0. The van der Waals surface area contributed by atoms with Gasteiger partial charge in [0.1, 0.15) is 18.0 Å². The van der Waals surface area contributed by atoms with Crippen molar-refractivity contribution in [1.82, 2.24) is 14.8 Å². The van der Waals surface area contributed by atoms with Crippen molar-refractivity contribution in [3.63, 3.8) is 0 Å². The molecule has 0 radical (unpaired) electrons. The third-order valence-electron chi connectivity index (χ3n) is 2.79. The Hall–Kier alpha value is -1.75. The summed E-state index contributed by atoms with van der Waals surface area (Å²) >= 11 is 5.88. The van der Waals surface area contributed by atoms with E-state index in [0.29, 0.717) is 18.3 Å². The van der Waals surface area contributed by atoms with Gasteiger partial charge in [0, 0.05) is 6.54 Å². The van der Waals surface area contributed by atoms with Gasteiger partial charge in [0.25, 0.3) is 0 Å². The number of benzene rings is 1. The summed E-state index contributed by atoms with van der Waals surface area (Å²) in [6.07, 6.45) is 1.38. The van der Waals surface area contributed by atoms with Crippen molar-refractivity contribution >= 4 is 17.4 Å². The van der Waals surface area contributed by atoms with Crippen LogP contribution in [0.2, 0.25) is 5.02 Å². The number of nitrogens with zero attached hydrogens (tertiary/aromatic N) is 3. The van der Waals surface area contributed by atoms with Gasteiger partial charge in [0.15, 0.2) is 5.78 Å². The van der Waals surface area contributed by atoms with Crippen LogP contribution in [0.1, 0.15) is 30.0 Å². The molecule has 0 aliphatic rings. The highest BCUT2D eigenvalue weighted by atomic mass is 35.5. The third-order valence-corrected chi connectivity index (χ3v) is 3.11. The first-order chi connectivity index (χ1) is 9.49. The van der Waals surface area contributed by atoms with Gasteiger partial charge in [-0.05, 0) is 18.1 Å². The van der Waals surface area contributed by atoms with Gasteiger partial charge < -0.3 is 0 Å². The highest BCUT2D eigenvalue weighted by Crippen LogP contribution is 2.20. The number of ketones is 1. The maximum absolute atomic E-state index is 13.7. The van der Waals surface area contributed by atoms with E-state index in [1.54, 1.807) is 4.68 Å². The Morgan fingerprint density at radius 2 is 2.20 bits per heavy atom. The predicted molar refractivity (Wildman–Crippen MR) is 74.3 cm³/mol. The van der Waals surface area contributed by atoms with Gasteiger partial charge in [-0.25, -0.2) is 14.1 Å². The van der Waals surface area contributed by atoms with E-state index in [4.69, 9.17) is 11.6 Å². The summed E-state index contributed by atoms with van der Waals surface area (Å²) in [7, 11) is 0. The molecule has 20 heavy (non-hydrogen) atoms. The number of carbonyl (C=O) groups excluding carboxylic acids is 1. The highest BCUT2D eigenvalue weighted by Gasteiger charge is 2.18. The smallest absolute Gasteiger partial charge is 0.174 e. The molecule has 0 saturated carbocycles. The molecule has 106 valence electrons. The summed E-state index contributed by atoms with van der Waals surface area (Å²) in [5.41, 5.74) is -0.0896. The molecule has 0 aliphatic carbocycles. The average Bonchev–Trinajstić information content (AvgIpc) is 2.75. The van der Waals surface area contributed by atoms with Crippen LogP contribution < -0.4 is 0 Å². The molecule has 0 N–H and O–H groups in total. The second kappa shape index (κ2) is 6.13. The van der Waals surface area contributed by atoms with Crippen molar-refractivity contribution in [1.29, 1.82) is 0 Å². The van der Waals surface area contributed by atoms with Crippen LogP contribution in [0.5, 0.6) is 0 Å². The first-order valence-corrected chi connectivity index (χ1v) is 6.70. The van der Waals surface area contributed by atoms with Gasteiger partial charge in [-0.1, -0.05) is 31.5 Å². The topological polar surface area (TPSA) is 47.8 Å². The average molecular weight is 296 g/mol. The molecule has 0 amide bonds. The molecule has 6 heteroatoms. The standard InChI is InChI=1S/C14H15ClFN3O/c1-9(2)7-19-13(17-8-18-19)6-12(20)14-10(15)4-3-5-11(14)16/h3-5,8-9H,6-7H2,1-2H3. The fourth-order valence-electron chi connectivity index (χ4n) is 1.92. The number of halogens is 2. The monoisotopic (exact) mass is 295 g/mol. The molecule has 0 spiro atoms. The molecular weight excluding hydrogens is 281 g/mol. The van der Waals surface area contributed by atoms with Gasteiger partial charge in [0.05, 0.1) is 17.0 Å². The van der Waals surface area contributed by atoms with Gasteiger partial charge in [-0.15, -0.1) is 0 Å². The van der Waals surface area contributed by atoms with E-state index >= 15 is 0 Å². The minimum Gasteiger partial charge on any atom is -0.294 e. The van der Waals surface area contributed by atoms with Crippen molar-refractivity contribution in [2.75, 3.05) is 0 Å². The lowest BCUT2D eigenvalue weighted by Gasteiger charge is -2.09. The van der Waals surface area contributed by atoms with E-state index in [0.717, 1.165) is 0 Å². The Kier molecular flexibility index (Phi) is 4.49. The van der Waals surface area contributed by atoms with Crippen LogP contribution in [0, 0.1) is 11.7 Å². The molecule has 0 unspecified atom stereocenters. The largest absolute Gasteiger partial charge is 0.294 e. The van der Waals surface area contributed by atoms with E-state index < -0.39 is 11.6 Å². The van der Waals surface area contributed by atoms with Crippen molar-refractivity contribution in [3.8, 4) is 0 Å². The van der Waals surface area contributed by atoms with Crippen molar-refractivity contribution < 1.29 is 9.18 Å². The lowest BCUT2D eigenvalue weighted by atomic mass is 10.1. The molecule has 1 aromatic carbocycles. The summed E-state index contributed by atoms with van der Waals surface area (Å²) in [5, 5.41) is 4.19. The summed E-state index contributed by atoms with van der Waals surface area (Å²) in [6.45, 7) is 4.75. The summed E-state index contributed by atoms with van der Waals surface area (Å²) in [4.78, 5) is 16.2. The quantitative estimate of drug-likeness (QED) is 0.796. The lowest BCUT2D eigenvalue weighted by Crippen LogP contribution is -2.15. The zero-order valence-electron chi connectivity index (χ0n) is 11.3. The Labute approximate surface area is 121 Å². The van der Waals surface area contributed by atoms with E-state index in [9.17, 15) is 9.18 Å². The number of hydrogen-bond acceptors (Lipinski definition) is 3. The maximum atomic E-state index is 13.7. The van der Waals surface area contributed by atoms with Crippen LogP contribution in [0.25, 0.3) is 0 Å². The minimum absolute atomic E-state index is 0.0205. The van der Waals surface area contributed by atoms with Crippen LogP contribution >= 0.6 is 11.6 Å². The van der Waals surface area contributed by atoms with E-state index in [1.807, 2.05) is 13.8 Å². The Morgan fingerprint density at radius 1 is 1.45 bits per heavy atom. The second-order valence-corrected chi connectivity index (χ2v) is 5.36. The first kappa shape index (κ1) is 14.7. The Balaban J connectivity index is 2.22. The zero-order valence-corrected chi connectivity index (χ0v) is 12.1. The second-order valence-electron chi connectivity index (χ2n) is 4.95. The number of carbonyl (C=O) groups is 1. The third kappa shape index (κ3) is 3.22.